The number of carbonyl (C=O) groups is 1. The van der Waals surface area contributed by atoms with E-state index in [1.54, 1.807) is 36.4 Å². The molecule has 0 fully saturated rings. The zero-order valence-corrected chi connectivity index (χ0v) is 22.0. The molecule has 0 radical (unpaired) electrons. The summed E-state index contributed by atoms with van der Waals surface area (Å²) in [5, 5.41) is 3.18. The number of benzene rings is 4. The van der Waals surface area contributed by atoms with Crippen LogP contribution in [0.4, 0.5) is 5.69 Å². The Kier molecular flexibility index (Phi) is 7.47. The van der Waals surface area contributed by atoms with Gasteiger partial charge in [-0.15, -0.1) is 0 Å². The molecule has 1 unspecified atom stereocenters. The van der Waals surface area contributed by atoms with Gasteiger partial charge in [0.1, 0.15) is 5.75 Å². The van der Waals surface area contributed by atoms with Crippen LogP contribution in [0.25, 0.3) is 0 Å². The van der Waals surface area contributed by atoms with Gasteiger partial charge in [0, 0.05) is 0 Å². The van der Waals surface area contributed by atoms with E-state index in [0.717, 1.165) is 30.4 Å². The summed E-state index contributed by atoms with van der Waals surface area (Å²) in [6, 6.07) is 30.6. The molecule has 1 atom stereocenters. The predicted octanol–water partition coefficient (Wildman–Crippen LogP) is 5.90. The van der Waals surface area contributed by atoms with Gasteiger partial charge in [0.15, 0.2) is 0 Å². The van der Waals surface area contributed by atoms with Crippen LogP contribution in [0.1, 0.15) is 45.9 Å². The molecule has 4 aromatic rings. The highest BCUT2D eigenvalue weighted by Crippen LogP contribution is 2.33. The monoisotopic (exact) mass is 526 g/mol. The van der Waals surface area contributed by atoms with Crippen LogP contribution in [0.2, 0.25) is 0 Å². The number of nitrogens with zero attached hydrogens (tertiary/aromatic N) is 1. The van der Waals surface area contributed by atoms with Crippen LogP contribution in [-0.2, 0) is 23.0 Å². The lowest BCUT2D eigenvalue weighted by Gasteiger charge is -2.29. The molecule has 4 aromatic carbocycles. The molecule has 7 heteroatoms. The van der Waals surface area contributed by atoms with E-state index in [2.05, 4.69) is 17.4 Å². The molecule has 0 saturated carbocycles. The standard InChI is InChI=1S/C31H30N2O4S/c1-37-25-18-20-26(21-19-25)38(35,36)33(22-23-10-3-2-4-11-23)30-17-8-7-15-28(30)31(34)32-29-16-9-13-24-12-5-6-14-27(24)29/h2-8,10-12,14-15,17-21,29H,9,13,16,22H2,1H3,(H,32,34). The Morgan fingerprint density at radius 2 is 1.58 bits per heavy atom. The predicted molar refractivity (Wildman–Crippen MR) is 149 cm³/mol. The maximum Gasteiger partial charge on any atom is 0.264 e. The first kappa shape index (κ1) is 25.5. The molecule has 1 aliphatic carbocycles. The summed E-state index contributed by atoms with van der Waals surface area (Å²) in [5.74, 6) is 0.261. The van der Waals surface area contributed by atoms with Gasteiger partial charge in [0.2, 0.25) is 0 Å². The SMILES string of the molecule is COc1ccc(S(=O)(=O)N(Cc2ccccc2)c2ccccc2C(=O)NC2CCCc3ccccc32)cc1. The third kappa shape index (κ3) is 5.29. The number of hydrogen-bond donors (Lipinski definition) is 1. The fraction of sp³-hybridized carbons (Fsp3) is 0.194. The fourth-order valence-corrected chi connectivity index (χ4v) is 6.42. The van der Waals surface area contributed by atoms with E-state index >= 15 is 0 Å². The van der Waals surface area contributed by atoms with E-state index in [1.807, 2.05) is 42.5 Å². The summed E-state index contributed by atoms with van der Waals surface area (Å²) < 4.78 is 34.6. The molecule has 0 aromatic heterocycles. The highest BCUT2D eigenvalue weighted by Gasteiger charge is 2.30. The topological polar surface area (TPSA) is 75.7 Å². The normalized spacial score (nSPS) is 14.8. The van der Waals surface area contributed by atoms with Crippen molar-refractivity contribution in [2.45, 2.75) is 36.7 Å². The molecule has 194 valence electrons. The smallest absolute Gasteiger partial charge is 0.264 e. The summed E-state index contributed by atoms with van der Waals surface area (Å²) in [6.45, 7) is 0.0752. The van der Waals surface area contributed by atoms with Crippen LogP contribution >= 0.6 is 0 Å². The van der Waals surface area contributed by atoms with Crippen LogP contribution in [0, 0.1) is 0 Å². The van der Waals surface area contributed by atoms with Crippen molar-refractivity contribution in [3.05, 3.63) is 125 Å². The van der Waals surface area contributed by atoms with Gasteiger partial charge in [0.25, 0.3) is 15.9 Å². The van der Waals surface area contributed by atoms with Crippen LogP contribution in [-0.4, -0.2) is 21.4 Å². The molecule has 38 heavy (non-hydrogen) atoms. The lowest BCUT2D eigenvalue weighted by molar-refractivity contribution is 0.0933. The third-order valence-electron chi connectivity index (χ3n) is 6.91. The molecule has 5 rings (SSSR count). The summed E-state index contributed by atoms with van der Waals surface area (Å²) in [5.41, 5.74) is 3.81. The first-order valence-corrected chi connectivity index (χ1v) is 14.1. The highest BCUT2D eigenvalue weighted by molar-refractivity contribution is 7.92. The number of anilines is 1. The van der Waals surface area contributed by atoms with Crippen molar-refractivity contribution < 1.29 is 17.9 Å². The van der Waals surface area contributed by atoms with E-state index in [9.17, 15) is 13.2 Å². The number of sulfonamides is 1. The minimum Gasteiger partial charge on any atom is -0.497 e. The van der Waals surface area contributed by atoms with E-state index in [0.29, 0.717) is 17.0 Å². The van der Waals surface area contributed by atoms with Crippen molar-refractivity contribution in [2.75, 3.05) is 11.4 Å². The first-order valence-electron chi connectivity index (χ1n) is 12.7. The number of methoxy groups -OCH3 is 1. The Balaban J connectivity index is 1.53. The van der Waals surface area contributed by atoms with Crippen molar-refractivity contribution in [3.8, 4) is 5.75 Å². The minimum atomic E-state index is -4.02. The maximum absolute atomic E-state index is 14.0. The third-order valence-corrected chi connectivity index (χ3v) is 8.68. The molecule has 1 N–H and O–H groups in total. The lowest BCUT2D eigenvalue weighted by atomic mass is 9.87. The Bertz CT molecular complexity index is 1520. The number of para-hydroxylation sites is 1. The highest BCUT2D eigenvalue weighted by atomic mass is 32.2. The second kappa shape index (κ2) is 11.1. The second-order valence-corrected chi connectivity index (χ2v) is 11.2. The number of hydrogen-bond acceptors (Lipinski definition) is 4. The van der Waals surface area contributed by atoms with E-state index in [1.165, 1.54) is 29.1 Å². The molecule has 6 nitrogen and oxygen atoms in total. The van der Waals surface area contributed by atoms with Gasteiger partial charge >= 0.3 is 0 Å². The molecule has 0 spiro atoms. The number of carbonyl (C=O) groups excluding carboxylic acids is 1. The van der Waals surface area contributed by atoms with Crippen molar-refractivity contribution in [1.82, 2.24) is 5.32 Å². The van der Waals surface area contributed by atoms with Crippen molar-refractivity contribution >= 4 is 21.6 Å². The van der Waals surface area contributed by atoms with Gasteiger partial charge in [-0.2, -0.15) is 0 Å². The average molecular weight is 527 g/mol. The molecule has 0 heterocycles. The van der Waals surface area contributed by atoms with Crippen molar-refractivity contribution in [2.24, 2.45) is 0 Å². The van der Waals surface area contributed by atoms with Gasteiger partial charge in [0.05, 0.1) is 35.8 Å². The van der Waals surface area contributed by atoms with E-state index in [-0.39, 0.29) is 23.4 Å². The van der Waals surface area contributed by atoms with Gasteiger partial charge in [-0.25, -0.2) is 8.42 Å². The summed E-state index contributed by atoms with van der Waals surface area (Å²) >= 11 is 0. The molecule has 0 saturated heterocycles. The van der Waals surface area contributed by atoms with Gasteiger partial charge in [-0.05, 0) is 72.4 Å². The molecular weight excluding hydrogens is 496 g/mol. The number of fused-ring (bicyclic) bond motifs is 1. The van der Waals surface area contributed by atoms with Crippen LogP contribution < -0.4 is 14.4 Å². The Morgan fingerprint density at radius 3 is 2.34 bits per heavy atom. The van der Waals surface area contributed by atoms with Crippen LogP contribution in [0.15, 0.2) is 108 Å². The van der Waals surface area contributed by atoms with E-state index < -0.39 is 10.0 Å². The van der Waals surface area contributed by atoms with Crippen LogP contribution in [0.3, 0.4) is 0 Å². The Hall–Kier alpha value is -4.10. The number of amides is 1. The van der Waals surface area contributed by atoms with Crippen molar-refractivity contribution in [3.63, 3.8) is 0 Å². The summed E-state index contributed by atoms with van der Waals surface area (Å²) in [4.78, 5) is 13.8. The van der Waals surface area contributed by atoms with Gasteiger partial charge in [-0.1, -0.05) is 66.7 Å². The largest absolute Gasteiger partial charge is 0.497 e. The lowest BCUT2D eigenvalue weighted by Crippen LogP contribution is -2.35. The fourth-order valence-electron chi connectivity index (χ4n) is 4.95. The second-order valence-electron chi connectivity index (χ2n) is 9.31. The number of rotatable bonds is 8. The number of nitrogens with one attached hydrogen (secondary N) is 1. The average Bonchev–Trinajstić information content (AvgIpc) is 2.96. The Morgan fingerprint density at radius 1 is 0.895 bits per heavy atom. The van der Waals surface area contributed by atoms with Gasteiger partial charge in [-0.3, -0.25) is 9.10 Å². The number of ether oxygens (including phenoxy) is 1. The van der Waals surface area contributed by atoms with E-state index in [4.69, 9.17) is 4.74 Å². The van der Waals surface area contributed by atoms with Crippen LogP contribution in [0.5, 0.6) is 5.75 Å². The number of aryl methyl sites for hydroxylation is 1. The quantitative estimate of drug-likeness (QED) is 0.310. The maximum atomic E-state index is 14.0. The Labute approximate surface area is 223 Å². The minimum absolute atomic E-state index is 0.0752. The summed E-state index contributed by atoms with van der Waals surface area (Å²) in [7, 11) is -2.48. The van der Waals surface area contributed by atoms with Crippen molar-refractivity contribution in [1.29, 1.82) is 0 Å². The molecule has 0 bridgehead atoms. The molecule has 1 amide bonds. The molecule has 1 aliphatic rings. The zero-order valence-electron chi connectivity index (χ0n) is 21.2. The zero-order chi connectivity index (χ0) is 26.5. The summed E-state index contributed by atoms with van der Waals surface area (Å²) in [6.07, 6.45) is 2.81. The molecule has 0 aliphatic heterocycles. The van der Waals surface area contributed by atoms with Gasteiger partial charge < -0.3 is 10.1 Å². The first-order chi connectivity index (χ1) is 18.5. The molecular formula is C31H30N2O4S.